The van der Waals surface area contributed by atoms with Crippen molar-refractivity contribution in [3.8, 4) is 0 Å². The standard InChI is InChI=1S/C21H21Cl2N3O5S/c1-3-24-20(28)13(2)25(11-14-8-9-15(22)10-17(14)23)19(27)12-26-21(29)16-6-4-5-7-18(16)32(26,30)31/h4-10,13H,3,11-12H2,1-2H3,(H,24,28)/t13-/m1/s1. The number of fused-ring (bicyclic) bond motifs is 1. The molecule has 1 aliphatic rings. The van der Waals surface area contributed by atoms with E-state index < -0.39 is 40.3 Å². The fourth-order valence-corrected chi connectivity index (χ4v) is 5.33. The third kappa shape index (κ3) is 4.60. The molecule has 11 heteroatoms. The van der Waals surface area contributed by atoms with Crippen LogP contribution in [0.4, 0.5) is 0 Å². The zero-order chi connectivity index (χ0) is 23.6. The predicted molar refractivity (Wildman–Crippen MR) is 120 cm³/mol. The van der Waals surface area contributed by atoms with Crippen molar-refractivity contribution in [2.75, 3.05) is 13.1 Å². The molecule has 3 amide bonds. The van der Waals surface area contributed by atoms with Crippen LogP contribution in [-0.2, 0) is 26.2 Å². The Kier molecular flexibility index (Phi) is 7.12. The van der Waals surface area contributed by atoms with Gasteiger partial charge in [-0.05, 0) is 43.7 Å². The number of hydrogen-bond donors (Lipinski definition) is 1. The van der Waals surface area contributed by atoms with Gasteiger partial charge in [0.25, 0.3) is 15.9 Å². The van der Waals surface area contributed by atoms with Crippen LogP contribution in [0.2, 0.25) is 10.0 Å². The van der Waals surface area contributed by atoms with E-state index in [4.69, 9.17) is 23.2 Å². The number of nitrogens with zero attached hydrogens (tertiary/aromatic N) is 2. The Morgan fingerprint density at radius 3 is 2.47 bits per heavy atom. The minimum absolute atomic E-state index is 0.00405. The summed E-state index contributed by atoms with van der Waals surface area (Å²) in [4.78, 5) is 39.4. The number of amides is 3. The molecule has 1 N–H and O–H groups in total. The first-order valence-electron chi connectivity index (χ1n) is 9.75. The van der Waals surface area contributed by atoms with Gasteiger partial charge in [0.15, 0.2) is 0 Å². The van der Waals surface area contributed by atoms with E-state index in [1.807, 2.05) is 0 Å². The van der Waals surface area contributed by atoms with E-state index in [0.29, 0.717) is 21.4 Å². The minimum atomic E-state index is -4.17. The van der Waals surface area contributed by atoms with E-state index >= 15 is 0 Å². The maximum atomic E-state index is 13.2. The van der Waals surface area contributed by atoms with Crippen molar-refractivity contribution in [3.63, 3.8) is 0 Å². The summed E-state index contributed by atoms with van der Waals surface area (Å²) in [6, 6.07) is 9.51. The second-order valence-corrected chi connectivity index (χ2v) is 9.82. The summed E-state index contributed by atoms with van der Waals surface area (Å²) >= 11 is 12.2. The maximum absolute atomic E-state index is 13.2. The van der Waals surface area contributed by atoms with E-state index in [1.54, 1.807) is 25.1 Å². The highest BCUT2D eigenvalue weighted by molar-refractivity contribution is 7.90. The van der Waals surface area contributed by atoms with Crippen LogP contribution >= 0.6 is 23.2 Å². The molecular formula is C21H21Cl2N3O5S. The van der Waals surface area contributed by atoms with Crippen molar-refractivity contribution < 1.29 is 22.8 Å². The van der Waals surface area contributed by atoms with Crippen molar-refractivity contribution in [1.29, 1.82) is 0 Å². The topological polar surface area (TPSA) is 104 Å². The molecule has 2 aromatic rings. The molecule has 0 radical (unpaired) electrons. The smallest absolute Gasteiger partial charge is 0.269 e. The fraction of sp³-hybridized carbons (Fsp3) is 0.286. The van der Waals surface area contributed by atoms with Crippen LogP contribution < -0.4 is 5.32 Å². The molecule has 1 atom stereocenters. The molecule has 170 valence electrons. The van der Waals surface area contributed by atoms with Crippen molar-refractivity contribution >= 4 is 50.9 Å². The summed E-state index contributed by atoms with van der Waals surface area (Å²) in [6.45, 7) is 2.77. The maximum Gasteiger partial charge on any atom is 0.269 e. The normalized spacial score (nSPS) is 15.2. The Balaban J connectivity index is 1.92. The van der Waals surface area contributed by atoms with Gasteiger partial charge in [-0.15, -0.1) is 0 Å². The third-order valence-corrected chi connectivity index (χ3v) is 7.44. The van der Waals surface area contributed by atoms with Crippen molar-refractivity contribution in [3.05, 3.63) is 63.6 Å². The van der Waals surface area contributed by atoms with E-state index in [-0.39, 0.29) is 22.0 Å². The van der Waals surface area contributed by atoms with E-state index in [0.717, 1.165) is 0 Å². The second kappa shape index (κ2) is 9.48. The van der Waals surface area contributed by atoms with Gasteiger partial charge in [0, 0.05) is 23.1 Å². The number of carbonyl (C=O) groups is 3. The SMILES string of the molecule is CCNC(=O)[C@@H](C)N(Cc1ccc(Cl)cc1Cl)C(=O)CN1C(=O)c2ccccc2S1(=O)=O. The lowest BCUT2D eigenvalue weighted by Gasteiger charge is -2.30. The molecule has 0 bridgehead atoms. The van der Waals surface area contributed by atoms with Gasteiger partial charge in [-0.2, -0.15) is 0 Å². The Bertz CT molecular complexity index is 1190. The number of carbonyl (C=O) groups excluding carboxylic acids is 3. The van der Waals surface area contributed by atoms with Crippen LogP contribution in [0.3, 0.4) is 0 Å². The van der Waals surface area contributed by atoms with Crippen molar-refractivity contribution in [2.24, 2.45) is 0 Å². The molecule has 0 aromatic heterocycles. The summed E-state index contributed by atoms with van der Waals surface area (Å²) in [5, 5.41) is 3.33. The molecule has 32 heavy (non-hydrogen) atoms. The zero-order valence-corrected chi connectivity index (χ0v) is 19.7. The Morgan fingerprint density at radius 2 is 1.84 bits per heavy atom. The number of halogens is 2. The first-order valence-corrected chi connectivity index (χ1v) is 11.9. The van der Waals surface area contributed by atoms with Gasteiger partial charge in [-0.3, -0.25) is 14.4 Å². The monoisotopic (exact) mass is 497 g/mol. The molecule has 0 saturated carbocycles. The lowest BCUT2D eigenvalue weighted by molar-refractivity contribution is -0.140. The number of nitrogens with one attached hydrogen (secondary N) is 1. The average Bonchev–Trinajstić information content (AvgIpc) is 2.94. The van der Waals surface area contributed by atoms with Gasteiger partial charge in [-0.25, -0.2) is 12.7 Å². The van der Waals surface area contributed by atoms with Gasteiger partial charge in [-0.1, -0.05) is 41.4 Å². The predicted octanol–water partition coefficient (Wildman–Crippen LogP) is 2.69. The molecule has 0 saturated heterocycles. The van der Waals surface area contributed by atoms with Crippen LogP contribution in [0.15, 0.2) is 47.4 Å². The molecule has 3 rings (SSSR count). The van der Waals surface area contributed by atoms with Crippen molar-refractivity contribution in [1.82, 2.24) is 14.5 Å². The lowest BCUT2D eigenvalue weighted by Crippen LogP contribution is -2.51. The van der Waals surface area contributed by atoms with Gasteiger partial charge >= 0.3 is 0 Å². The van der Waals surface area contributed by atoms with E-state index in [1.165, 1.54) is 36.1 Å². The van der Waals surface area contributed by atoms with Crippen LogP contribution in [0.25, 0.3) is 0 Å². The quantitative estimate of drug-likeness (QED) is 0.633. The molecule has 0 fully saturated rings. The van der Waals surface area contributed by atoms with Crippen LogP contribution in [0, 0.1) is 0 Å². The molecule has 2 aromatic carbocycles. The number of sulfonamides is 1. The highest BCUT2D eigenvalue weighted by Gasteiger charge is 2.43. The molecule has 0 unspecified atom stereocenters. The van der Waals surface area contributed by atoms with Gasteiger partial charge < -0.3 is 10.2 Å². The highest BCUT2D eigenvalue weighted by atomic mass is 35.5. The largest absolute Gasteiger partial charge is 0.355 e. The fourth-order valence-electron chi connectivity index (χ4n) is 3.34. The second-order valence-electron chi connectivity index (χ2n) is 7.14. The van der Waals surface area contributed by atoms with Crippen molar-refractivity contribution in [2.45, 2.75) is 31.3 Å². The zero-order valence-electron chi connectivity index (χ0n) is 17.3. The van der Waals surface area contributed by atoms with Crippen LogP contribution in [0.5, 0.6) is 0 Å². The molecular weight excluding hydrogens is 477 g/mol. The average molecular weight is 498 g/mol. The lowest BCUT2D eigenvalue weighted by atomic mass is 10.1. The van der Waals surface area contributed by atoms with Gasteiger partial charge in [0.1, 0.15) is 17.5 Å². The molecule has 8 nitrogen and oxygen atoms in total. The van der Waals surface area contributed by atoms with Gasteiger partial charge in [0.2, 0.25) is 11.8 Å². The van der Waals surface area contributed by atoms with Crippen LogP contribution in [-0.4, -0.2) is 54.5 Å². The Morgan fingerprint density at radius 1 is 1.16 bits per heavy atom. The number of hydrogen-bond acceptors (Lipinski definition) is 5. The summed E-state index contributed by atoms with van der Waals surface area (Å²) in [5.74, 6) is -1.94. The van der Waals surface area contributed by atoms with Gasteiger partial charge in [0.05, 0.1) is 5.56 Å². The molecule has 1 heterocycles. The summed E-state index contributed by atoms with van der Waals surface area (Å²) in [7, 11) is -4.17. The Labute approximate surface area is 196 Å². The highest BCUT2D eigenvalue weighted by Crippen LogP contribution is 2.30. The molecule has 1 aliphatic heterocycles. The number of likely N-dealkylation sites (N-methyl/N-ethyl adjacent to an activating group) is 1. The molecule has 0 spiro atoms. The molecule has 0 aliphatic carbocycles. The summed E-state index contributed by atoms with van der Waals surface area (Å²) in [6.07, 6.45) is 0. The number of rotatable bonds is 7. The first kappa shape index (κ1) is 24.0. The third-order valence-electron chi connectivity index (χ3n) is 5.07. The minimum Gasteiger partial charge on any atom is -0.355 e. The summed E-state index contributed by atoms with van der Waals surface area (Å²) in [5.41, 5.74) is 0.517. The van der Waals surface area contributed by atoms with E-state index in [9.17, 15) is 22.8 Å². The number of benzene rings is 2. The Hall–Kier alpha value is -2.62. The van der Waals surface area contributed by atoms with Crippen LogP contribution in [0.1, 0.15) is 29.8 Å². The van der Waals surface area contributed by atoms with E-state index in [2.05, 4.69) is 5.32 Å². The summed E-state index contributed by atoms with van der Waals surface area (Å²) < 4.78 is 26.2. The first-order chi connectivity index (χ1) is 15.1.